The highest BCUT2D eigenvalue weighted by atomic mass is 32.1. The summed E-state index contributed by atoms with van der Waals surface area (Å²) >= 11 is 1.54. The third-order valence-corrected chi connectivity index (χ3v) is 4.12. The van der Waals surface area contributed by atoms with Crippen LogP contribution in [0.1, 0.15) is 30.0 Å². The lowest BCUT2D eigenvalue weighted by molar-refractivity contribution is -0.146. The Balaban J connectivity index is 2.05. The van der Waals surface area contributed by atoms with Crippen LogP contribution >= 0.6 is 11.3 Å². The number of thiophene rings is 1. The zero-order valence-electron chi connectivity index (χ0n) is 13.2. The first kappa shape index (κ1) is 17.0. The molecule has 1 unspecified atom stereocenters. The Hall–Kier alpha value is -2.35. The summed E-state index contributed by atoms with van der Waals surface area (Å²) in [5, 5.41) is 8.69. The van der Waals surface area contributed by atoms with Gasteiger partial charge in [0, 0.05) is 17.3 Å². The Morgan fingerprint density at radius 3 is 2.78 bits per heavy atom. The molecule has 0 aliphatic carbocycles. The van der Waals surface area contributed by atoms with Gasteiger partial charge in [0.05, 0.1) is 12.3 Å². The molecule has 1 atom stereocenters. The molecule has 0 aliphatic rings. The summed E-state index contributed by atoms with van der Waals surface area (Å²) in [5.74, 6) is -0.455. The summed E-state index contributed by atoms with van der Waals surface area (Å²) in [7, 11) is 0. The van der Waals surface area contributed by atoms with Crippen LogP contribution in [0.15, 0.2) is 23.8 Å². The number of ether oxygens (including phenoxy) is 2. The van der Waals surface area contributed by atoms with Crippen LogP contribution < -0.4 is 5.32 Å². The Bertz CT molecular complexity index is 647. The molecule has 8 heteroatoms. The number of esters is 1. The van der Waals surface area contributed by atoms with Gasteiger partial charge in [-0.05, 0) is 37.8 Å². The van der Waals surface area contributed by atoms with Gasteiger partial charge in [-0.1, -0.05) is 0 Å². The Kier molecular flexibility index (Phi) is 5.75. The molecule has 23 heavy (non-hydrogen) atoms. The second-order valence-corrected chi connectivity index (χ2v) is 5.91. The van der Waals surface area contributed by atoms with Crippen molar-refractivity contribution in [3.63, 3.8) is 0 Å². The van der Waals surface area contributed by atoms with Crippen LogP contribution in [-0.4, -0.2) is 28.4 Å². The number of amides is 1. The molecule has 2 aromatic heterocycles. The van der Waals surface area contributed by atoms with Crippen LogP contribution in [0.2, 0.25) is 0 Å². The van der Waals surface area contributed by atoms with Crippen molar-refractivity contribution in [3.8, 4) is 0 Å². The number of carbonyl (C=O) groups excluding carboxylic acids is 2. The fourth-order valence-electron chi connectivity index (χ4n) is 2.02. The first-order valence-corrected chi connectivity index (χ1v) is 8.06. The summed E-state index contributed by atoms with van der Waals surface area (Å²) in [5.41, 5.74) is 1.70. The van der Waals surface area contributed by atoms with E-state index < -0.39 is 18.3 Å². The molecule has 0 spiro atoms. The van der Waals surface area contributed by atoms with Crippen LogP contribution in [0.25, 0.3) is 0 Å². The predicted molar refractivity (Wildman–Crippen MR) is 86.4 cm³/mol. The number of rotatable bonds is 6. The van der Waals surface area contributed by atoms with Crippen LogP contribution in [0.5, 0.6) is 0 Å². The molecule has 2 heterocycles. The van der Waals surface area contributed by atoms with Crippen molar-refractivity contribution in [1.29, 1.82) is 0 Å². The van der Waals surface area contributed by atoms with E-state index in [1.807, 2.05) is 19.2 Å². The first-order chi connectivity index (χ1) is 11.0. The quantitative estimate of drug-likeness (QED) is 0.818. The summed E-state index contributed by atoms with van der Waals surface area (Å²) in [6.45, 7) is 5.81. The van der Waals surface area contributed by atoms with Crippen molar-refractivity contribution >= 4 is 29.1 Å². The number of aromatic nitrogens is 2. The second kappa shape index (κ2) is 7.77. The third-order valence-electron chi connectivity index (χ3n) is 3.10. The molecule has 1 amide bonds. The van der Waals surface area contributed by atoms with Gasteiger partial charge in [-0.15, -0.1) is 11.3 Å². The Labute approximate surface area is 138 Å². The van der Waals surface area contributed by atoms with Gasteiger partial charge in [0.2, 0.25) is 6.23 Å². The maximum atomic E-state index is 12.1. The summed E-state index contributed by atoms with van der Waals surface area (Å²) in [6.07, 6.45) is 1.57. The fourth-order valence-corrected chi connectivity index (χ4v) is 2.82. The van der Waals surface area contributed by atoms with Gasteiger partial charge in [0.25, 0.3) is 0 Å². The minimum atomic E-state index is -0.858. The standard InChI is InChI=1S/C15H19N3O4S/c1-4-21-13(19)8-12(18-7-5-6-16-18)22-15(20)17-14-10(2)9-23-11(14)3/h5-7,9,12H,4,8H2,1-3H3,(H,17,20). The minimum absolute atomic E-state index is 0.107. The molecule has 0 fully saturated rings. The molecular weight excluding hydrogens is 318 g/mol. The van der Waals surface area contributed by atoms with Crippen molar-refractivity contribution in [3.05, 3.63) is 34.3 Å². The minimum Gasteiger partial charge on any atom is -0.466 e. The van der Waals surface area contributed by atoms with Crippen molar-refractivity contribution in [2.75, 3.05) is 11.9 Å². The van der Waals surface area contributed by atoms with Crippen LogP contribution in [0, 0.1) is 13.8 Å². The maximum Gasteiger partial charge on any atom is 0.413 e. The first-order valence-electron chi connectivity index (χ1n) is 7.18. The molecule has 0 saturated heterocycles. The van der Waals surface area contributed by atoms with E-state index in [0.29, 0.717) is 0 Å². The molecule has 0 aliphatic heterocycles. The largest absolute Gasteiger partial charge is 0.466 e. The summed E-state index contributed by atoms with van der Waals surface area (Å²) < 4.78 is 11.7. The van der Waals surface area contributed by atoms with Gasteiger partial charge < -0.3 is 9.47 Å². The van der Waals surface area contributed by atoms with E-state index in [2.05, 4.69) is 10.4 Å². The van der Waals surface area contributed by atoms with Gasteiger partial charge >= 0.3 is 12.1 Å². The van der Waals surface area contributed by atoms with Gasteiger partial charge in [-0.3, -0.25) is 10.1 Å². The lowest BCUT2D eigenvalue weighted by Gasteiger charge is -2.18. The van der Waals surface area contributed by atoms with E-state index in [9.17, 15) is 9.59 Å². The van der Waals surface area contributed by atoms with Gasteiger partial charge in [0.1, 0.15) is 6.42 Å². The fraction of sp³-hybridized carbons (Fsp3) is 0.400. The van der Waals surface area contributed by atoms with Crippen LogP contribution in [0.3, 0.4) is 0 Å². The van der Waals surface area contributed by atoms with E-state index in [1.54, 1.807) is 36.7 Å². The molecule has 2 rings (SSSR count). The lowest BCUT2D eigenvalue weighted by Crippen LogP contribution is -2.25. The number of nitrogens with one attached hydrogen (secondary N) is 1. The molecule has 0 bridgehead atoms. The van der Waals surface area contributed by atoms with Crippen molar-refractivity contribution in [2.24, 2.45) is 0 Å². The molecule has 7 nitrogen and oxygen atoms in total. The average Bonchev–Trinajstić information content (AvgIpc) is 3.12. The highest BCUT2D eigenvalue weighted by molar-refractivity contribution is 7.10. The molecule has 1 N–H and O–H groups in total. The Morgan fingerprint density at radius 1 is 1.43 bits per heavy atom. The van der Waals surface area contributed by atoms with Crippen LogP contribution in [0.4, 0.5) is 10.5 Å². The highest BCUT2D eigenvalue weighted by Gasteiger charge is 2.22. The van der Waals surface area contributed by atoms with E-state index in [4.69, 9.17) is 9.47 Å². The van der Waals surface area contributed by atoms with Crippen molar-refractivity contribution in [1.82, 2.24) is 9.78 Å². The molecular formula is C15H19N3O4S. The lowest BCUT2D eigenvalue weighted by atomic mass is 10.3. The molecule has 0 aromatic carbocycles. The SMILES string of the molecule is CCOC(=O)CC(OC(=O)Nc1c(C)csc1C)n1cccn1. The maximum absolute atomic E-state index is 12.1. The second-order valence-electron chi connectivity index (χ2n) is 4.83. The zero-order chi connectivity index (χ0) is 16.8. The Morgan fingerprint density at radius 2 is 2.22 bits per heavy atom. The summed E-state index contributed by atoms with van der Waals surface area (Å²) in [4.78, 5) is 24.8. The summed E-state index contributed by atoms with van der Waals surface area (Å²) in [6, 6.07) is 1.69. The van der Waals surface area contributed by atoms with E-state index in [0.717, 1.165) is 16.1 Å². The normalized spacial score (nSPS) is 11.8. The van der Waals surface area contributed by atoms with Crippen LogP contribution in [-0.2, 0) is 14.3 Å². The number of hydrogen-bond acceptors (Lipinski definition) is 6. The molecule has 2 aromatic rings. The highest BCUT2D eigenvalue weighted by Crippen LogP contribution is 2.27. The van der Waals surface area contributed by atoms with E-state index >= 15 is 0 Å². The topological polar surface area (TPSA) is 82.5 Å². The number of anilines is 1. The predicted octanol–water partition coefficient (Wildman–Crippen LogP) is 3.26. The van der Waals surface area contributed by atoms with Crippen molar-refractivity contribution < 1.29 is 19.1 Å². The molecule has 124 valence electrons. The zero-order valence-corrected chi connectivity index (χ0v) is 14.1. The van der Waals surface area contributed by atoms with E-state index in [1.165, 1.54) is 4.68 Å². The number of nitrogens with zero attached hydrogens (tertiary/aromatic N) is 2. The van der Waals surface area contributed by atoms with E-state index in [-0.39, 0.29) is 13.0 Å². The number of aryl methyl sites for hydroxylation is 2. The number of hydrogen-bond donors (Lipinski definition) is 1. The third kappa shape index (κ3) is 4.56. The van der Waals surface area contributed by atoms with Gasteiger partial charge in [0.15, 0.2) is 0 Å². The van der Waals surface area contributed by atoms with Gasteiger partial charge in [-0.2, -0.15) is 5.10 Å². The van der Waals surface area contributed by atoms with Gasteiger partial charge in [-0.25, -0.2) is 9.48 Å². The molecule has 0 radical (unpaired) electrons. The van der Waals surface area contributed by atoms with Crippen molar-refractivity contribution in [2.45, 2.75) is 33.4 Å². The number of carbonyl (C=O) groups is 2. The smallest absolute Gasteiger partial charge is 0.413 e. The average molecular weight is 337 g/mol. The monoisotopic (exact) mass is 337 g/mol. The molecule has 0 saturated carbocycles.